The van der Waals surface area contributed by atoms with Gasteiger partial charge in [0.15, 0.2) is 0 Å². The molecule has 0 radical (unpaired) electrons. The predicted octanol–water partition coefficient (Wildman–Crippen LogP) is 2.56. The van der Waals surface area contributed by atoms with Crippen LogP contribution in [0, 0.1) is 0 Å². The smallest absolute Gasteiger partial charge is 0.243 e. The quantitative estimate of drug-likeness (QED) is 0.571. The number of benzene rings is 1. The molecule has 6 heteroatoms. The van der Waals surface area contributed by atoms with E-state index in [0.29, 0.717) is 17.1 Å². The SMILES string of the molecule is CCCCN(C(C)CC)S(=O)(=O)c1ccc(NN)cc1. The summed E-state index contributed by atoms with van der Waals surface area (Å²) >= 11 is 0. The first kappa shape index (κ1) is 16.9. The summed E-state index contributed by atoms with van der Waals surface area (Å²) in [6.45, 7) is 6.57. The van der Waals surface area contributed by atoms with E-state index in [4.69, 9.17) is 5.84 Å². The molecule has 0 amide bonds. The van der Waals surface area contributed by atoms with Crippen molar-refractivity contribution in [1.82, 2.24) is 4.31 Å². The minimum Gasteiger partial charge on any atom is -0.324 e. The minimum absolute atomic E-state index is 0.00106. The summed E-state index contributed by atoms with van der Waals surface area (Å²) in [6.07, 6.45) is 2.63. The number of hydrogen-bond donors (Lipinski definition) is 2. The van der Waals surface area contributed by atoms with Gasteiger partial charge in [-0.05, 0) is 44.0 Å². The molecule has 0 aliphatic carbocycles. The van der Waals surface area contributed by atoms with E-state index < -0.39 is 10.0 Å². The van der Waals surface area contributed by atoms with Crippen molar-refractivity contribution in [3.05, 3.63) is 24.3 Å². The van der Waals surface area contributed by atoms with Gasteiger partial charge in [-0.15, -0.1) is 0 Å². The van der Waals surface area contributed by atoms with Gasteiger partial charge in [0.1, 0.15) is 0 Å². The van der Waals surface area contributed by atoms with E-state index in [-0.39, 0.29) is 6.04 Å². The molecule has 0 spiro atoms. The molecule has 20 heavy (non-hydrogen) atoms. The lowest BCUT2D eigenvalue weighted by molar-refractivity contribution is 0.324. The number of nitrogen functional groups attached to an aromatic ring is 1. The number of nitrogens with one attached hydrogen (secondary N) is 1. The van der Waals surface area contributed by atoms with Crippen LogP contribution in [0.4, 0.5) is 5.69 Å². The van der Waals surface area contributed by atoms with Crippen molar-refractivity contribution in [3.63, 3.8) is 0 Å². The highest BCUT2D eigenvalue weighted by atomic mass is 32.2. The molecule has 0 heterocycles. The van der Waals surface area contributed by atoms with Gasteiger partial charge in [0.2, 0.25) is 10.0 Å². The first-order valence-corrected chi connectivity index (χ1v) is 8.49. The van der Waals surface area contributed by atoms with E-state index in [0.717, 1.165) is 19.3 Å². The van der Waals surface area contributed by atoms with Crippen molar-refractivity contribution in [1.29, 1.82) is 0 Å². The van der Waals surface area contributed by atoms with Crippen LogP contribution in [-0.4, -0.2) is 25.3 Å². The summed E-state index contributed by atoms with van der Waals surface area (Å²) in [5.41, 5.74) is 3.18. The maximum absolute atomic E-state index is 12.7. The molecule has 5 nitrogen and oxygen atoms in total. The fourth-order valence-corrected chi connectivity index (χ4v) is 3.70. The number of sulfonamides is 1. The van der Waals surface area contributed by atoms with Crippen LogP contribution in [0.5, 0.6) is 0 Å². The largest absolute Gasteiger partial charge is 0.324 e. The van der Waals surface area contributed by atoms with Crippen LogP contribution < -0.4 is 11.3 Å². The highest BCUT2D eigenvalue weighted by Gasteiger charge is 2.27. The van der Waals surface area contributed by atoms with Gasteiger partial charge < -0.3 is 5.43 Å². The standard InChI is InChI=1S/C14H25N3O2S/c1-4-6-11-17(12(3)5-2)20(18,19)14-9-7-13(16-15)8-10-14/h7-10,12,16H,4-6,11,15H2,1-3H3. The zero-order chi connectivity index (χ0) is 15.2. The van der Waals surface area contributed by atoms with Crippen LogP contribution in [-0.2, 0) is 10.0 Å². The number of nitrogens with zero attached hydrogens (tertiary/aromatic N) is 1. The third-order valence-electron chi connectivity index (χ3n) is 3.44. The van der Waals surface area contributed by atoms with Gasteiger partial charge in [-0.1, -0.05) is 20.3 Å². The van der Waals surface area contributed by atoms with E-state index in [1.807, 2.05) is 13.8 Å². The lowest BCUT2D eigenvalue weighted by atomic mass is 10.2. The Bertz CT molecular complexity index is 500. The molecular formula is C14H25N3O2S. The van der Waals surface area contributed by atoms with Crippen molar-refractivity contribution < 1.29 is 8.42 Å². The monoisotopic (exact) mass is 299 g/mol. The fraction of sp³-hybridized carbons (Fsp3) is 0.571. The second-order valence-corrected chi connectivity index (χ2v) is 6.79. The normalized spacial score (nSPS) is 13.4. The molecule has 0 aliphatic rings. The number of hydrogen-bond acceptors (Lipinski definition) is 4. The molecular weight excluding hydrogens is 274 g/mol. The van der Waals surface area contributed by atoms with E-state index in [1.165, 1.54) is 0 Å². The number of rotatable bonds is 8. The van der Waals surface area contributed by atoms with Crippen molar-refractivity contribution in [3.8, 4) is 0 Å². The molecule has 114 valence electrons. The van der Waals surface area contributed by atoms with Gasteiger partial charge in [0, 0.05) is 18.3 Å². The maximum Gasteiger partial charge on any atom is 0.243 e. The highest BCUT2D eigenvalue weighted by Crippen LogP contribution is 2.21. The molecule has 0 aliphatic heterocycles. The Morgan fingerprint density at radius 3 is 2.30 bits per heavy atom. The predicted molar refractivity (Wildman–Crippen MR) is 82.8 cm³/mol. The Labute approximate surface area is 122 Å². The van der Waals surface area contributed by atoms with Gasteiger partial charge in [0.25, 0.3) is 0 Å². The number of unbranched alkanes of at least 4 members (excludes halogenated alkanes) is 1. The molecule has 1 atom stereocenters. The summed E-state index contributed by atoms with van der Waals surface area (Å²) < 4.78 is 27.0. The summed E-state index contributed by atoms with van der Waals surface area (Å²) in [5.74, 6) is 5.29. The number of hydrazine groups is 1. The van der Waals surface area contributed by atoms with Crippen molar-refractivity contribution in [2.45, 2.75) is 51.0 Å². The first-order valence-electron chi connectivity index (χ1n) is 7.05. The Morgan fingerprint density at radius 1 is 1.25 bits per heavy atom. The summed E-state index contributed by atoms with van der Waals surface area (Å²) in [4.78, 5) is 0.313. The highest BCUT2D eigenvalue weighted by molar-refractivity contribution is 7.89. The Morgan fingerprint density at radius 2 is 1.85 bits per heavy atom. The summed E-state index contributed by atoms with van der Waals surface area (Å²) in [7, 11) is -3.44. The van der Waals surface area contributed by atoms with Gasteiger partial charge in [-0.25, -0.2) is 8.42 Å². The van der Waals surface area contributed by atoms with Gasteiger partial charge in [-0.3, -0.25) is 5.84 Å². The van der Waals surface area contributed by atoms with Gasteiger partial charge >= 0.3 is 0 Å². The van der Waals surface area contributed by atoms with Crippen LogP contribution in [0.2, 0.25) is 0 Å². The summed E-state index contributed by atoms with van der Waals surface area (Å²) in [6, 6.07) is 6.51. The number of nitrogens with two attached hydrogens (primary N) is 1. The molecule has 0 bridgehead atoms. The zero-order valence-electron chi connectivity index (χ0n) is 12.5. The Hall–Kier alpha value is -1.11. The molecule has 0 saturated heterocycles. The van der Waals surface area contributed by atoms with Crippen molar-refractivity contribution in [2.75, 3.05) is 12.0 Å². The van der Waals surface area contributed by atoms with Crippen LogP contribution in [0.15, 0.2) is 29.2 Å². The Kier molecular flexibility index (Phi) is 6.45. The summed E-state index contributed by atoms with van der Waals surface area (Å²) in [5, 5.41) is 0. The molecule has 1 aromatic rings. The third-order valence-corrected chi connectivity index (χ3v) is 5.47. The third kappa shape index (κ3) is 3.94. The molecule has 1 unspecified atom stereocenters. The van der Waals surface area contributed by atoms with E-state index >= 15 is 0 Å². The Balaban J connectivity index is 3.07. The average Bonchev–Trinajstić information content (AvgIpc) is 2.47. The molecule has 0 saturated carbocycles. The fourth-order valence-electron chi connectivity index (χ4n) is 1.95. The van der Waals surface area contributed by atoms with Gasteiger partial charge in [0.05, 0.1) is 4.90 Å². The van der Waals surface area contributed by atoms with Crippen molar-refractivity contribution >= 4 is 15.7 Å². The van der Waals surface area contributed by atoms with Gasteiger partial charge in [-0.2, -0.15) is 4.31 Å². The lowest BCUT2D eigenvalue weighted by Crippen LogP contribution is -2.39. The second-order valence-electron chi connectivity index (χ2n) is 4.90. The van der Waals surface area contributed by atoms with Crippen LogP contribution in [0.3, 0.4) is 0 Å². The molecule has 1 rings (SSSR count). The zero-order valence-corrected chi connectivity index (χ0v) is 13.3. The van der Waals surface area contributed by atoms with E-state index in [1.54, 1.807) is 28.6 Å². The minimum atomic E-state index is -3.44. The molecule has 3 N–H and O–H groups in total. The van der Waals surface area contributed by atoms with Crippen molar-refractivity contribution in [2.24, 2.45) is 5.84 Å². The van der Waals surface area contributed by atoms with E-state index in [2.05, 4.69) is 12.3 Å². The molecule has 0 fully saturated rings. The van der Waals surface area contributed by atoms with Crippen LogP contribution in [0.1, 0.15) is 40.0 Å². The maximum atomic E-state index is 12.7. The van der Waals surface area contributed by atoms with E-state index in [9.17, 15) is 8.42 Å². The second kappa shape index (κ2) is 7.61. The topological polar surface area (TPSA) is 75.4 Å². The molecule has 1 aromatic carbocycles. The van der Waals surface area contributed by atoms with Crippen LogP contribution >= 0.6 is 0 Å². The average molecular weight is 299 g/mol. The first-order chi connectivity index (χ1) is 9.47. The molecule has 0 aromatic heterocycles. The lowest BCUT2D eigenvalue weighted by Gasteiger charge is -2.27. The number of anilines is 1. The van der Waals surface area contributed by atoms with Crippen LogP contribution in [0.25, 0.3) is 0 Å².